The Morgan fingerprint density at radius 2 is 1.83 bits per heavy atom. The molecule has 0 bridgehead atoms. The SMILES string of the molecule is COC(=O)c1ccc(C(=O)Nc2ccc(Cl)cc2)cc1[N+](=O)[O-]. The zero-order valence-electron chi connectivity index (χ0n) is 11.9. The molecule has 0 aliphatic rings. The Balaban J connectivity index is 2.30. The number of nitrogens with one attached hydrogen (secondary N) is 1. The smallest absolute Gasteiger partial charge is 0.344 e. The lowest BCUT2D eigenvalue weighted by atomic mass is 10.1. The molecule has 7 nitrogen and oxygen atoms in total. The van der Waals surface area contributed by atoms with Crippen LogP contribution in [-0.4, -0.2) is 23.9 Å². The van der Waals surface area contributed by atoms with Crippen molar-refractivity contribution in [2.24, 2.45) is 0 Å². The van der Waals surface area contributed by atoms with Crippen LogP contribution in [0.3, 0.4) is 0 Å². The van der Waals surface area contributed by atoms with E-state index in [-0.39, 0.29) is 11.1 Å². The number of rotatable bonds is 4. The summed E-state index contributed by atoms with van der Waals surface area (Å²) in [5.41, 5.74) is -0.195. The van der Waals surface area contributed by atoms with Crippen LogP contribution in [-0.2, 0) is 4.74 Å². The Morgan fingerprint density at radius 3 is 2.39 bits per heavy atom. The molecule has 8 heteroatoms. The van der Waals surface area contributed by atoms with Gasteiger partial charge in [0.05, 0.1) is 12.0 Å². The van der Waals surface area contributed by atoms with E-state index in [2.05, 4.69) is 10.1 Å². The van der Waals surface area contributed by atoms with Crippen molar-refractivity contribution in [3.05, 3.63) is 68.7 Å². The number of ether oxygens (including phenoxy) is 1. The monoisotopic (exact) mass is 334 g/mol. The lowest BCUT2D eigenvalue weighted by molar-refractivity contribution is -0.385. The minimum absolute atomic E-state index is 0.0410. The van der Waals surface area contributed by atoms with E-state index in [9.17, 15) is 19.7 Å². The first-order valence-electron chi connectivity index (χ1n) is 6.36. The summed E-state index contributed by atoms with van der Waals surface area (Å²) in [7, 11) is 1.12. The number of halogens is 1. The molecule has 0 aromatic heterocycles. The lowest BCUT2D eigenvalue weighted by Crippen LogP contribution is -2.13. The molecular weight excluding hydrogens is 324 g/mol. The van der Waals surface area contributed by atoms with Crippen molar-refractivity contribution in [3.63, 3.8) is 0 Å². The molecule has 2 aromatic carbocycles. The standard InChI is InChI=1S/C15H11ClN2O5/c1-23-15(20)12-7-2-9(8-13(12)18(21)22)14(19)17-11-5-3-10(16)4-6-11/h2-8H,1H3,(H,17,19). The van der Waals surface area contributed by atoms with Crippen molar-refractivity contribution in [2.45, 2.75) is 0 Å². The normalized spacial score (nSPS) is 10.0. The van der Waals surface area contributed by atoms with E-state index in [0.29, 0.717) is 10.7 Å². The molecule has 1 N–H and O–H groups in total. The predicted molar refractivity (Wildman–Crippen MR) is 83.8 cm³/mol. The first kappa shape index (κ1) is 16.4. The number of nitro groups is 1. The minimum atomic E-state index is -0.846. The number of benzene rings is 2. The number of amides is 1. The summed E-state index contributed by atoms with van der Waals surface area (Å²) in [5, 5.41) is 14.2. The topological polar surface area (TPSA) is 98.5 Å². The number of hydrogen-bond acceptors (Lipinski definition) is 5. The van der Waals surface area contributed by atoms with Gasteiger partial charge < -0.3 is 10.1 Å². The molecule has 23 heavy (non-hydrogen) atoms. The maximum Gasteiger partial charge on any atom is 0.344 e. The second-order valence-electron chi connectivity index (χ2n) is 4.44. The van der Waals surface area contributed by atoms with E-state index >= 15 is 0 Å². The van der Waals surface area contributed by atoms with E-state index in [1.54, 1.807) is 24.3 Å². The Morgan fingerprint density at radius 1 is 1.17 bits per heavy atom. The highest BCUT2D eigenvalue weighted by Crippen LogP contribution is 2.22. The molecular formula is C15H11ClN2O5. The maximum absolute atomic E-state index is 12.1. The van der Waals surface area contributed by atoms with Crippen LogP contribution >= 0.6 is 11.6 Å². The number of hydrogen-bond donors (Lipinski definition) is 1. The van der Waals surface area contributed by atoms with Gasteiger partial charge in [-0.1, -0.05) is 11.6 Å². The van der Waals surface area contributed by atoms with Crippen molar-refractivity contribution in [3.8, 4) is 0 Å². The van der Waals surface area contributed by atoms with Gasteiger partial charge in [-0.15, -0.1) is 0 Å². The number of anilines is 1. The molecule has 0 saturated heterocycles. The maximum atomic E-state index is 12.1. The molecule has 2 rings (SSSR count). The molecule has 0 fully saturated rings. The van der Waals surface area contributed by atoms with Gasteiger partial charge in [0, 0.05) is 22.3 Å². The minimum Gasteiger partial charge on any atom is -0.465 e. The highest BCUT2D eigenvalue weighted by atomic mass is 35.5. The third kappa shape index (κ3) is 3.83. The second kappa shape index (κ2) is 6.89. The van der Waals surface area contributed by atoms with Crippen LogP contribution in [0, 0.1) is 10.1 Å². The van der Waals surface area contributed by atoms with Gasteiger partial charge in [0.25, 0.3) is 11.6 Å². The molecule has 2 aromatic rings. The average molecular weight is 335 g/mol. The molecule has 0 aliphatic carbocycles. The fourth-order valence-electron chi connectivity index (χ4n) is 1.84. The highest BCUT2D eigenvalue weighted by Gasteiger charge is 2.23. The summed E-state index contributed by atoms with van der Waals surface area (Å²) in [6.45, 7) is 0. The van der Waals surface area contributed by atoms with Crippen LogP contribution in [0.15, 0.2) is 42.5 Å². The van der Waals surface area contributed by atoms with Crippen molar-refractivity contribution >= 4 is 34.9 Å². The number of methoxy groups -OCH3 is 1. The van der Waals surface area contributed by atoms with Crippen LogP contribution in [0.25, 0.3) is 0 Å². The molecule has 0 unspecified atom stereocenters. The number of carbonyl (C=O) groups is 2. The number of esters is 1. The van der Waals surface area contributed by atoms with Gasteiger partial charge in [0.2, 0.25) is 0 Å². The Hall–Kier alpha value is -2.93. The van der Waals surface area contributed by atoms with Gasteiger partial charge >= 0.3 is 5.97 Å². The third-order valence-electron chi connectivity index (χ3n) is 2.96. The van der Waals surface area contributed by atoms with Crippen molar-refractivity contribution in [1.29, 1.82) is 0 Å². The largest absolute Gasteiger partial charge is 0.465 e. The van der Waals surface area contributed by atoms with Crippen molar-refractivity contribution < 1.29 is 19.2 Å². The van der Waals surface area contributed by atoms with E-state index in [0.717, 1.165) is 13.2 Å². The van der Waals surface area contributed by atoms with Gasteiger partial charge in [-0.05, 0) is 36.4 Å². The number of nitro benzene ring substituents is 1. The number of carbonyl (C=O) groups excluding carboxylic acids is 2. The van der Waals surface area contributed by atoms with Gasteiger partial charge in [0.15, 0.2) is 0 Å². The summed E-state index contributed by atoms with van der Waals surface area (Å²) >= 11 is 5.75. The van der Waals surface area contributed by atoms with Gasteiger partial charge in [-0.25, -0.2) is 4.79 Å². The zero-order chi connectivity index (χ0) is 17.0. The molecule has 0 saturated carbocycles. The van der Waals surface area contributed by atoms with E-state index in [1.807, 2.05) is 0 Å². The van der Waals surface area contributed by atoms with Crippen LogP contribution in [0.1, 0.15) is 20.7 Å². The fourth-order valence-corrected chi connectivity index (χ4v) is 1.97. The Kier molecular flexibility index (Phi) is 4.92. The second-order valence-corrected chi connectivity index (χ2v) is 4.88. The van der Waals surface area contributed by atoms with Crippen LogP contribution < -0.4 is 5.32 Å². The van der Waals surface area contributed by atoms with E-state index < -0.39 is 22.5 Å². The van der Waals surface area contributed by atoms with Crippen LogP contribution in [0.2, 0.25) is 5.02 Å². The fraction of sp³-hybridized carbons (Fsp3) is 0.0667. The van der Waals surface area contributed by atoms with Crippen LogP contribution in [0.4, 0.5) is 11.4 Å². The van der Waals surface area contributed by atoms with Gasteiger partial charge in [-0.3, -0.25) is 14.9 Å². The summed E-state index contributed by atoms with van der Waals surface area (Å²) in [6, 6.07) is 9.90. The quantitative estimate of drug-likeness (QED) is 0.525. The molecule has 0 radical (unpaired) electrons. The molecule has 118 valence electrons. The van der Waals surface area contributed by atoms with E-state index in [4.69, 9.17) is 11.6 Å². The zero-order valence-corrected chi connectivity index (χ0v) is 12.7. The van der Waals surface area contributed by atoms with Crippen molar-refractivity contribution in [1.82, 2.24) is 0 Å². The van der Waals surface area contributed by atoms with E-state index in [1.165, 1.54) is 12.1 Å². The molecule has 1 amide bonds. The molecule has 0 spiro atoms. The predicted octanol–water partition coefficient (Wildman–Crippen LogP) is 3.29. The van der Waals surface area contributed by atoms with Crippen molar-refractivity contribution in [2.75, 3.05) is 12.4 Å². The molecule has 0 atom stereocenters. The number of nitrogens with zero attached hydrogens (tertiary/aromatic N) is 1. The lowest BCUT2D eigenvalue weighted by Gasteiger charge is -2.07. The first-order chi connectivity index (χ1) is 10.9. The Labute approximate surface area is 136 Å². The highest BCUT2D eigenvalue weighted by molar-refractivity contribution is 6.30. The van der Waals surface area contributed by atoms with Gasteiger partial charge in [0.1, 0.15) is 5.56 Å². The molecule has 0 heterocycles. The summed E-state index contributed by atoms with van der Waals surface area (Å²) < 4.78 is 4.48. The summed E-state index contributed by atoms with van der Waals surface area (Å²) in [5.74, 6) is -1.40. The van der Waals surface area contributed by atoms with Gasteiger partial charge in [-0.2, -0.15) is 0 Å². The summed E-state index contributed by atoms with van der Waals surface area (Å²) in [6.07, 6.45) is 0. The molecule has 0 aliphatic heterocycles. The average Bonchev–Trinajstić information content (AvgIpc) is 2.55. The third-order valence-corrected chi connectivity index (χ3v) is 3.22. The summed E-state index contributed by atoms with van der Waals surface area (Å²) in [4.78, 5) is 34.0. The Bertz CT molecular complexity index is 774. The first-order valence-corrected chi connectivity index (χ1v) is 6.74. The van der Waals surface area contributed by atoms with Crippen LogP contribution in [0.5, 0.6) is 0 Å².